The molecule has 0 bridgehead atoms. The molecule has 3 atom stereocenters. The summed E-state index contributed by atoms with van der Waals surface area (Å²) in [5.41, 5.74) is 5.21. The van der Waals surface area contributed by atoms with E-state index in [2.05, 4.69) is 16.0 Å². The molecule has 154 valence electrons. The number of amides is 3. The second-order valence-electron chi connectivity index (χ2n) is 6.72. The zero-order chi connectivity index (χ0) is 21.3. The van der Waals surface area contributed by atoms with E-state index < -0.39 is 60.1 Å². The lowest BCUT2D eigenvalue weighted by molar-refractivity contribution is -0.144. The fraction of sp³-hybridized carbons (Fsp3) is 0.688. The maximum Gasteiger partial charge on any atom is 0.326 e. The topological polar surface area (TPSA) is 188 Å². The van der Waals surface area contributed by atoms with Crippen LogP contribution in [0.4, 0.5) is 0 Å². The molecule has 11 nitrogen and oxygen atoms in total. The summed E-state index contributed by atoms with van der Waals surface area (Å²) in [6.45, 7) is 6.09. The average Bonchev–Trinajstić information content (AvgIpc) is 2.54. The van der Waals surface area contributed by atoms with Crippen molar-refractivity contribution in [1.29, 1.82) is 0 Å². The summed E-state index contributed by atoms with van der Waals surface area (Å²) in [6, 6.07) is -3.79. The molecule has 0 aromatic carbocycles. The van der Waals surface area contributed by atoms with E-state index in [1.54, 1.807) is 27.7 Å². The molecule has 0 fully saturated rings. The van der Waals surface area contributed by atoms with Gasteiger partial charge in [-0.15, -0.1) is 0 Å². The maximum atomic E-state index is 12.4. The van der Waals surface area contributed by atoms with Crippen LogP contribution >= 0.6 is 0 Å². The summed E-state index contributed by atoms with van der Waals surface area (Å²) in [6.07, 6.45) is -0.752. The fourth-order valence-electron chi connectivity index (χ4n) is 2.18. The highest BCUT2D eigenvalue weighted by Crippen LogP contribution is 2.06. The van der Waals surface area contributed by atoms with Gasteiger partial charge in [-0.05, 0) is 11.8 Å². The summed E-state index contributed by atoms with van der Waals surface area (Å²) in [7, 11) is 0. The first-order valence-corrected chi connectivity index (χ1v) is 8.45. The number of carbonyl (C=O) groups excluding carboxylic acids is 3. The Morgan fingerprint density at radius 2 is 1.33 bits per heavy atom. The molecule has 0 rings (SSSR count). The van der Waals surface area contributed by atoms with E-state index in [1.807, 2.05) is 0 Å². The minimum absolute atomic E-state index is 0.343. The summed E-state index contributed by atoms with van der Waals surface area (Å²) in [5, 5.41) is 25.0. The van der Waals surface area contributed by atoms with Gasteiger partial charge in [0, 0.05) is 0 Å². The molecule has 7 N–H and O–H groups in total. The van der Waals surface area contributed by atoms with Gasteiger partial charge in [-0.2, -0.15) is 0 Å². The van der Waals surface area contributed by atoms with Gasteiger partial charge in [0.2, 0.25) is 17.7 Å². The molecule has 27 heavy (non-hydrogen) atoms. The lowest BCUT2D eigenvalue weighted by Gasteiger charge is -2.26. The van der Waals surface area contributed by atoms with Crippen LogP contribution in [0.3, 0.4) is 0 Å². The fourth-order valence-corrected chi connectivity index (χ4v) is 2.18. The van der Waals surface area contributed by atoms with Crippen molar-refractivity contribution in [3.63, 3.8) is 0 Å². The third kappa shape index (κ3) is 8.49. The highest BCUT2D eigenvalue weighted by atomic mass is 16.4. The molecule has 0 radical (unpaired) electrons. The number of nitrogens with two attached hydrogens (primary N) is 1. The molecule has 11 heteroatoms. The normalized spacial score (nSPS) is 14.2. The number of hydrogen-bond acceptors (Lipinski definition) is 6. The number of nitrogens with one attached hydrogen (secondary N) is 3. The number of hydrogen-bond donors (Lipinski definition) is 6. The number of rotatable bonds is 11. The van der Waals surface area contributed by atoms with Crippen LogP contribution in [0.2, 0.25) is 0 Å². The molecule has 0 spiro atoms. The van der Waals surface area contributed by atoms with Gasteiger partial charge in [-0.3, -0.25) is 19.2 Å². The molecule has 0 saturated carbocycles. The van der Waals surface area contributed by atoms with Gasteiger partial charge in [0.15, 0.2) is 0 Å². The lowest BCUT2D eigenvalue weighted by atomic mass is 10.0. The quantitative estimate of drug-likeness (QED) is 0.241. The highest BCUT2D eigenvalue weighted by Gasteiger charge is 2.32. The molecule has 0 heterocycles. The number of carboxylic acid groups (broad SMARTS) is 2. The van der Waals surface area contributed by atoms with Gasteiger partial charge < -0.3 is 31.9 Å². The second-order valence-corrected chi connectivity index (χ2v) is 6.72. The Bertz CT molecular complexity index is 577. The molecule has 0 aromatic heterocycles. The minimum atomic E-state index is -1.51. The van der Waals surface area contributed by atoms with Crippen molar-refractivity contribution in [1.82, 2.24) is 16.0 Å². The first kappa shape index (κ1) is 24.3. The Morgan fingerprint density at radius 1 is 0.815 bits per heavy atom. The van der Waals surface area contributed by atoms with Crippen molar-refractivity contribution in [3.05, 3.63) is 0 Å². The summed E-state index contributed by atoms with van der Waals surface area (Å²) in [5.74, 6) is -5.78. The molecular weight excluding hydrogens is 360 g/mol. The van der Waals surface area contributed by atoms with E-state index in [9.17, 15) is 24.0 Å². The number of carboxylic acids is 2. The average molecular weight is 388 g/mol. The van der Waals surface area contributed by atoms with E-state index in [1.165, 1.54) is 0 Å². The third-order valence-electron chi connectivity index (χ3n) is 3.69. The Balaban J connectivity index is 5.35. The minimum Gasteiger partial charge on any atom is -0.481 e. The van der Waals surface area contributed by atoms with Crippen LogP contribution in [0.5, 0.6) is 0 Å². The Hall–Kier alpha value is -2.69. The largest absolute Gasteiger partial charge is 0.481 e. The highest BCUT2D eigenvalue weighted by molar-refractivity contribution is 5.95. The molecule has 0 aliphatic heterocycles. The monoisotopic (exact) mass is 388 g/mol. The van der Waals surface area contributed by atoms with E-state index >= 15 is 0 Å². The zero-order valence-electron chi connectivity index (χ0n) is 15.8. The van der Waals surface area contributed by atoms with Crippen molar-refractivity contribution in [2.45, 2.75) is 52.2 Å². The van der Waals surface area contributed by atoms with Crippen LogP contribution in [0, 0.1) is 11.8 Å². The van der Waals surface area contributed by atoms with Crippen LogP contribution in [-0.4, -0.2) is 64.5 Å². The predicted molar refractivity (Wildman–Crippen MR) is 94.4 cm³/mol. The Labute approximate surface area is 157 Å². The second kappa shape index (κ2) is 11.1. The van der Waals surface area contributed by atoms with Crippen LogP contribution in [-0.2, 0) is 24.0 Å². The van der Waals surface area contributed by atoms with Crippen molar-refractivity contribution in [2.75, 3.05) is 6.54 Å². The maximum absolute atomic E-state index is 12.4. The van der Waals surface area contributed by atoms with Crippen LogP contribution in [0.15, 0.2) is 0 Å². The van der Waals surface area contributed by atoms with E-state index in [0.717, 1.165) is 0 Å². The van der Waals surface area contributed by atoms with Gasteiger partial charge >= 0.3 is 11.9 Å². The standard InChI is InChI=1S/C16H28N4O7/c1-7(2)12(19-10(21)6-17)15(25)18-9(5-11(22)23)14(24)20-13(8(3)4)16(26)27/h7-9,12-13H,5-6,17H2,1-4H3,(H,18,25)(H,19,21)(H,20,24)(H,22,23)(H,26,27). The van der Waals surface area contributed by atoms with Crippen molar-refractivity contribution < 1.29 is 34.2 Å². The molecule has 0 aromatic rings. The Kier molecular flexibility index (Phi) is 10.0. The van der Waals surface area contributed by atoms with Crippen LogP contribution in [0.1, 0.15) is 34.1 Å². The first-order chi connectivity index (χ1) is 12.4. The van der Waals surface area contributed by atoms with Gasteiger partial charge in [0.25, 0.3) is 0 Å². The summed E-state index contributed by atoms with van der Waals surface area (Å²) < 4.78 is 0. The van der Waals surface area contributed by atoms with Gasteiger partial charge in [-0.25, -0.2) is 4.79 Å². The van der Waals surface area contributed by atoms with Crippen LogP contribution in [0.25, 0.3) is 0 Å². The molecule has 0 aliphatic carbocycles. The lowest BCUT2D eigenvalue weighted by Crippen LogP contribution is -2.58. The van der Waals surface area contributed by atoms with Crippen molar-refractivity contribution in [3.8, 4) is 0 Å². The molecule has 3 amide bonds. The molecule has 0 aliphatic rings. The van der Waals surface area contributed by atoms with Gasteiger partial charge in [0.05, 0.1) is 13.0 Å². The summed E-state index contributed by atoms with van der Waals surface area (Å²) in [4.78, 5) is 58.5. The molecular formula is C16H28N4O7. The SMILES string of the molecule is CC(C)C(NC(=O)C(CC(=O)O)NC(=O)C(NC(=O)CN)C(C)C)C(=O)O. The molecule has 3 unspecified atom stereocenters. The zero-order valence-corrected chi connectivity index (χ0v) is 15.8. The molecule has 0 saturated heterocycles. The van der Waals surface area contributed by atoms with E-state index in [4.69, 9.17) is 15.9 Å². The van der Waals surface area contributed by atoms with Gasteiger partial charge in [0.1, 0.15) is 18.1 Å². The third-order valence-corrected chi connectivity index (χ3v) is 3.69. The van der Waals surface area contributed by atoms with E-state index in [0.29, 0.717) is 0 Å². The van der Waals surface area contributed by atoms with Crippen molar-refractivity contribution >= 4 is 29.7 Å². The van der Waals surface area contributed by atoms with E-state index in [-0.39, 0.29) is 12.5 Å². The number of aliphatic carboxylic acids is 2. The van der Waals surface area contributed by atoms with Crippen molar-refractivity contribution in [2.24, 2.45) is 17.6 Å². The number of carbonyl (C=O) groups is 5. The smallest absolute Gasteiger partial charge is 0.326 e. The summed E-state index contributed by atoms with van der Waals surface area (Å²) >= 11 is 0. The van der Waals surface area contributed by atoms with Gasteiger partial charge in [-0.1, -0.05) is 27.7 Å². The van der Waals surface area contributed by atoms with Crippen LogP contribution < -0.4 is 21.7 Å². The predicted octanol–water partition coefficient (Wildman–Crippen LogP) is -1.73. The first-order valence-electron chi connectivity index (χ1n) is 8.45. The Morgan fingerprint density at radius 3 is 1.70 bits per heavy atom.